The lowest BCUT2D eigenvalue weighted by molar-refractivity contribution is -0.348. The number of hydrogen-bond acceptors (Lipinski definition) is 3. The van der Waals surface area contributed by atoms with Gasteiger partial charge in [0.1, 0.15) is 5.15 Å². The molecule has 0 aliphatic carbocycles. The summed E-state index contributed by atoms with van der Waals surface area (Å²) >= 11 is 8.19. The number of amides is 2. The van der Waals surface area contributed by atoms with Gasteiger partial charge in [-0.3, -0.25) is 9.59 Å². The topological polar surface area (TPSA) is 62.3 Å². The van der Waals surface area contributed by atoms with E-state index in [4.69, 9.17) is 11.6 Å². The lowest BCUT2D eigenvalue weighted by Gasteiger charge is -2.31. The maximum atomic E-state index is 15.1. The first-order valence-electron chi connectivity index (χ1n) is 10.5. The number of benzene rings is 2. The van der Waals surface area contributed by atoms with E-state index in [0.29, 0.717) is 0 Å². The Bertz CT molecular complexity index is 1480. The number of alkyl halides is 10. The van der Waals surface area contributed by atoms with Crippen molar-refractivity contribution in [2.24, 2.45) is 0 Å². The highest BCUT2D eigenvalue weighted by Gasteiger charge is 2.73. The van der Waals surface area contributed by atoms with Crippen LogP contribution in [0.15, 0.2) is 54.7 Å². The number of rotatable bonds is 5. The molecule has 5 nitrogen and oxygen atoms in total. The highest BCUT2D eigenvalue weighted by atomic mass is 79.9. The molecule has 0 unspecified atom stereocenters. The Morgan fingerprint density at radius 3 is 1.98 bits per heavy atom. The molecule has 18 heteroatoms. The van der Waals surface area contributed by atoms with Crippen LogP contribution in [0.2, 0.25) is 5.15 Å². The van der Waals surface area contributed by atoms with Gasteiger partial charge in [-0.25, -0.2) is 17.7 Å². The van der Waals surface area contributed by atoms with Crippen molar-refractivity contribution in [3.8, 4) is 0 Å². The molecule has 0 bridgehead atoms. The normalized spacial score (nSPS) is 12.7. The first kappa shape index (κ1) is 32.0. The number of halogens is 13. The molecule has 0 aliphatic heterocycles. The van der Waals surface area contributed by atoms with Crippen LogP contribution in [0.4, 0.5) is 59.7 Å². The third-order valence-corrected chi connectivity index (χ3v) is 6.36. The zero-order chi connectivity index (χ0) is 31.1. The molecule has 220 valence electrons. The van der Waals surface area contributed by atoms with Crippen LogP contribution in [-0.2, 0) is 11.8 Å². The van der Waals surface area contributed by atoms with Crippen LogP contribution in [0.25, 0.3) is 0 Å². The molecule has 0 atom stereocenters. The molecule has 41 heavy (non-hydrogen) atoms. The van der Waals surface area contributed by atoms with Gasteiger partial charge in [-0.15, -0.1) is 0 Å². The van der Waals surface area contributed by atoms with Crippen LogP contribution >= 0.6 is 27.7 Å². The number of anilines is 2. The predicted molar refractivity (Wildman–Crippen MR) is 126 cm³/mol. The minimum Gasteiger partial charge on any atom is -0.319 e. The molecule has 1 N–H and O–H groups in total. The summed E-state index contributed by atoms with van der Waals surface area (Å²) < 4.78 is 149. The van der Waals surface area contributed by atoms with Crippen molar-refractivity contribution in [1.29, 1.82) is 0 Å². The minimum absolute atomic E-state index is 0.0372. The molecule has 0 saturated heterocycles. The highest BCUT2D eigenvalue weighted by Crippen LogP contribution is 2.54. The number of nitrogens with one attached hydrogen (secondary N) is 1. The van der Waals surface area contributed by atoms with Gasteiger partial charge >= 0.3 is 24.2 Å². The molecular weight excluding hydrogens is 675 g/mol. The summed E-state index contributed by atoms with van der Waals surface area (Å²) in [6.07, 6.45) is -17.9. The van der Waals surface area contributed by atoms with Crippen molar-refractivity contribution in [3.63, 3.8) is 0 Å². The van der Waals surface area contributed by atoms with Crippen molar-refractivity contribution in [2.45, 2.75) is 24.2 Å². The third-order valence-electron chi connectivity index (χ3n) is 5.35. The summed E-state index contributed by atoms with van der Waals surface area (Å²) in [4.78, 5) is 29.0. The van der Waals surface area contributed by atoms with E-state index in [1.165, 1.54) is 18.3 Å². The second-order valence-corrected chi connectivity index (χ2v) is 9.00. The SMILES string of the molecule is O=C(Nc1cccc(C(=O)N(Br)c2ccc(C(F)(C(F)(F)F)C(F)(F)F)cc2C(F)(F)F)c1F)c1cccnc1Cl. The first-order chi connectivity index (χ1) is 18.7. The monoisotopic (exact) mass is 683 g/mol. The van der Waals surface area contributed by atoms with Crippen LogP contribution in [0, 0.1) is 5.82 Å². The largest absolute Gasteiger partial charge is 0.435 e. The second kappa shape index (κ2) is 11.1. The lowest BCUT2D eigenvalue weighted by atomic mass is 9.92. The first-order valence-corrected chi connectivity index (χ1v) is 11.5. The van der Waals surface area contributed by atoms with Gasteiger partial charge in [0.15, 0.2) is 5.82 Å². The van der Waals surface area contributed by atoms with Gasteiger partial charge in [0.05, 0.1) is 44.2 Å². The van der Waals surface area contributed by atoms with Gasteiger partial charge in [0.25, 0.3) is 11.8 Å². The molecule has 0 spiro atoms. The fourth-order valence-electron chi connectivity index (χ4n) is 3.39. The van der Waals surface area contributed by atoms with E-state index >= 15 is 4.39 Å². The van der Waals surface area contributed by atoms with E-state index in [0.717, 1.165) is 18.2 Å². The van der Waals surface area contributed by atoms with Gasteiger partial charge in [-0.1, -0.05) is 23.7 Å². The van der Waals surface area contributed by atoms with Crippen molar-refractivity contribution in [1.82, 2.24) is 4.98 Å². The fourth-order valence-corrected chi connectivity index (χ4v) is 4.10. The Kier molecular flexibility index (Phi) is 8.66. The van der Waals surface area contributed by atoms with Crippen LogP contribution < -0.4 is 9.24 Å². The number of aromatic nitrogens is 1. The summed E-state index contributed by atoms with van der Waals surface area (Å²) in [6, 6.07) is 4.18. The number of hydrogen-bond donors (Lipinski definition) is 1. The Labute approximate surface area is 235 Å². The average Bonchev–Trinajstić information content (AvgIpc) is 2.86. The molecule has 1 heterocycles. The Hall–Kier alpha value is -3.47. The molecule has 3 rings (SSSR count). The third kappa shape index (κ3) is 6.10. The predicted octanol–water partition coefficient (Wildman–Crippen LogP) is 8.39. The molecule has 3 aromatic rings. The Balaban J connectivity index is 2.06. The van der Waals surface area contributed by atoms with Gasteiger partial charge in [-0.05, 0) is 36.4 Å². The molecule has 2 aromatic carbocycles. The van der Waals surface area contributed by atoms with Crippen molar-refractivity contribution in [2.75, 3.05) is 9.24 Å². The van der Waals surface area contributed by atoms with Crippen LogP contribution in [-0.4, -0.2) is 29.2 Å². The molecule has 0 fully saturated rings. The van der Waals surface area contributed by atoms with Crippen molar-refractivity contribution >= 4 is 50.9 Å². The Morgan fingerprint density at radius 1 is 0.854 bits per heavy atom. The molecule has 0 saturated carbocycles. The molecule has 0 aliphatic rings. The quantitative estimate of drug-likeness (QED) is 0.167. The van der Waals surface area contributed by atoms with E-state index in [9.17, 15) is 53.5 Å². The van der Waals surface area contributed by atoms with E-state index < -0.39 is 76.0 Å². The zero-order valence-electron chi connectivity index (χ0n) is 19.3. The molecule has 0 radical (unpaired) electrons. The Morgan fingerprint density at radius 2 is 1.44 bits per heavy atom. The van der Waals surface area contributed by atoms with Gasteiger partial charge in [-0.2, -0.15) is 39.5 Å². The zero-order valence-corrected chi connectivity index (χ0v) is 21.7. The van der Waals surface area contributed by atoms with E-state index in [-0.39, 0.29) is 26.8 Å². The van der Waals surface area contributed by atoms with Crippen molar-refractivity contribution < 1.29 is 57.9 Å². The van der Waals surface area contributed by atoms with E-state index in [1.807, 2.05) is 0 Å². The summed E-state index contributed by atoms with van der Waals surface area (Å²) in [6.45, 7) is 0. The second-order valence-electron chi connectivity index (χ2n) is 7.93. The maximum absolute atomic E-state index is 15.1. The van der Waals surface area contributed by atoms with Crippen LogP contribution in [0.1, 0.15) is 31.8 Å². The summed E-state index contributed by atoms with van der Waals surface area (Å²) in [7, 11) is 0. The minimum atomic E-state index is -6.71. The molecule has 2 amide bonds. The summed E-state index contributed by atoms with van der Waals surface area (Å²) in [5.74, 6) is -4.13. The number of carbonyl (C=O) groups is 2. The smallest absolute Gasteiger partial charge is 0.319 e. The fraction of sp³-hybridized carbons (Fsp3) is 0.174. The lowest BCUT2D eigenvalue weighted by Crippen LogP contribution is -2.50. The molecular formula is C23H10BrClF11N3O2. The van der Waals surface area contributed by atoms with E-state index in [1.54, 1.807) is 0 Å². The van der Waals surface area contributed by atoms with Crippen molar-refractivity contribution in [3.05, 3.63) is 88.0 Å². The molecule has 1 aromatic heterocycles. The average molecular weight is 685 g/mol. The number of carbonyl (C=O) groups excluding carboxylic acids is 2. The van der Waals surface area contributed by atoms with Gasteiger partial charge < -0.3 is 5.32 Å². The number of pyridine rings is 1. The van der Waals surface area contributed by atoms with Crippen LogP contribution in [0.5, 0.6) is 0 Å². The highest BCUT2D eigenvalue weighted by molar-refractivity contribution is 9.10. The number of nitrogens with zero attached hydrogens (tertiary/aromatic N) is 2. The van der Waals surface area contributed by atoms with Crippen LogP contribution in [0.3, 0.4) is 0 Å². The summed E-state index contributed by atoms with van der Waals surface area (Å²) in [5, 5.41) is 1.79. The summed E-state index contributed by atoms with van der Waals surface area (Å²) in [5.41, 5.74) is -14.3. The standard InChI is InChI=1S/C23H10BrClF11N3O2/c24-39(15-7-6-10(9-13(15)21(28,29)30)20(27,22(31,32)33)23(34,35)36)19(41)11-3-1-5-14(16(11)26)38-18(40)12-4-2-8-37-17(12)25/h1-9H,(H,38,40). The van der Waals surface area contributed by atoms with Gasteiger partial charge in [0.2, 0.25) is 0 Å². The maximum Gasteiger partial charge on any atom is 0.435 e. The van der Waals surface area contributed by atoms with E-state index in [2.05, 4.69) is 26.4 Å². The van der Waals surface area contributed by atoms with Gasteiger partial charge in [0, 0.05) is 11.8 Å².